The quantitative estimate of drug-likeness (QED) is 0.103. The zero-order valence-corrected chi connectivity index (χ0v) is 21.8. The number of alkyl halides is 3. The molecule has 1 heterocycles. The molecule has 0 aliphatic heterocycles. The van der Waals surface area contributed by atoms with E-state index in [-0.39, 0.29) is 22.9 Å². The summed E-state index contributed by atoms with van der Waals surface area (Å²) in [4.78, 5) is 4.47. The highest BCUT2D eigenvalue weighted by atomic mass is 35.5. The zero-order valence-electron chi connectivity index (χ0n) is 20.2. The van der Waals surface area contributed by atoms with E-state index >= 15 is 4.39 Å². The van der Waals surface area contributed by atoms with Crippen molar-refractivity contribution in [2.45, 2.75) is 18.0 Å². The first-order valence-corrected chi connectivity index (χ1v) is 12.4. The summed E-state index contributed by atoms with van der Waals surface area (Å²) in [5.74, 6) is 5.63. The lowest BCUT2D eigenvalue weighted by atomic mass is 10.0. The number of anilines is 1. The van der Waals surface area contributed by atoms with Gasteiger partial charge in [0.15, 0.2) is 5.69 Å². The van der Waals surface area contributed by atoms with Crippen LogP contribution in [0, 0.1) is 12.7 Å². The maximum atomic E-state index is 15.9. The third-order valence-electron chi connectivity index (χ3n) is 5.66. The maximum absolute atomic E-state index is 15.9. The van der Waals surface area contributed by atoms with Crippen LogP contribution < -0.4 is 21.3 Å². The molecule has 0 bridgehead atoms. The van der Waals surface area contributed by atoms with Crippen LogP contribution in [-0.2, 0) is 6.18 Å². The summed E-state index contributed by atoms with van der Waals surface area (Å²) in [6, 6.07) is 16.8. The number of nitrogens with zero attached hydrogens (tertiary/aromatic N) is 3. The molecule has 0 saturated carbocycles. The first kappa shape index (κ1) is 27.5. The number of aromatic nitrogens is 2. The van der Waals surface area contributed by atoms with Crippen LogP contribution in [0.3, 0.4) is 0 Å². The van der Waals surface area contributed by atoms with Crippen molar-refractivity contribution in [2.24, 2.45) is 11.6 Å². The van der Waals surface area contributed by atoms with Gasteiger partial charge < -0.3 is 5.73 Å². The number of halogens is 5. The molecule has 0 unspecified atom stereocenters. The number of nitrogens with two attached hydrogens (primary N) is 2. The van der Waals surface area contributed by atoms with Gasteiger partial charge in [0, 0.05) is 27.9 Å². The zero-order chi connectivity index (χ0) is 27.6. The second kappa shape index (κ2) is 11.1. The molecular formula is C26H23ClF4N6S. The van der Waals surface area contributed by atoms with Crippen molar-refractivity contribution < 1.29 is 17.6 Å². The summed E-state index contributed by atoms with van der Waals surface area (Å²) >= 11 is 7.39. The summed E-state index contributed by atoms with van der Waals surface area (Å²) in [5.41, 5.74) is 6.56. The monoisotopic (exact) mass is 562 g/mol. The lowest BCUT2D eigenvalue weighted by molar-refractivity contribution is -0.141. The van der Waals surface area contributed by atoms with E-state index in [9.17, 15) is 13.2 Å². The van der Waals surface area contributed by atoms with Crippen LogP contribution in [0.5, 0.6) is 0 Å². The molecule has 38 heavy (non-hydrogen) atoms. The third-order valence-corrected chi connectivity index (χ3v) is 6.61. The van der Waals surface area contributed by atoms with Crippen LogP contribution in [-0.4, -0.2) is 16.6 Å². The van der Waals surface area contributed by atoms with Crippen LogP contribution in [0.1, 0.15) is 17.1 Å². The highest BCUT2D eigenvalue weighted by molar-refractivity contribution is 7.97. The van der Waals surface area contributed by atoms with E-state index in [0.717, 1.165) is 20.7 Å². The van der Waals surface area contributed by atoms with Crippen molar-refractivity contribution in [3.8, 4) is 16.8 Å². The SMILES string of the molecule is CNSc1cccc(-c2cc(F)c(-n3cc(C(F)(F)F)nc3C)c(N(N)/C(=C\N)c3ccc(Cl)cc3)c2)c1. The molecule has 4 rings (SSSR count). The molecule has 0 radical (unpaired) electrons. The van der Waals surface area contributed by atoms with Gasteiger partial charge in [0.25, 0.3) is 0 Å². The average Bonchev–Trinajstić information content (AvgIpc) is 3.27. The molecule has 0 aliphatic rings. The average molecular weight is 563 g/mol. The summed E-state index contributed by atoms with van der Waals surface area (Å²) in [7, 11) is 1.77. The van der Waals surface area contributed by atoms with E-state index < -0.39 is 17.7 Å². The van der Waals surface area contributed by atoms with Crippen molar-refractivity contribution in [3.63, 3.8) is 0 Å². The molecule has 4 aromatic rings. The Kier molecular flexibility index (Phi) is 8.02. The molecule has 3 aromatic carbocycles. The molecule has 0 spiro atoms. The van der Waals surface area contributed by atoms with Crippen molar-refractivity contribution in [1.29, 1.82) is 0 Å². The molecule has 0 aliphatic carbocycles. The van der Waals surface area contributed by atoms with Crippen LogP contribution in [0.15, 0.2) is 78.0 Å². The Labute approximate surface area is 226 Å². The van der Waals surface area contributed by atoms with Gasteiger partial charge >= 0.3 is 6.18 Å². The summed E-state index contributed by atoms with van der Waals surface area (Å²) in [6.07, 6.45) is -2.75. The molecule has 0 fully saturated rings. The van der Waals surface area contributed by atoms with Gasteiger partial charge in [-0.05, 0) is 73.4 Å². The van der Waals surface area contributed by atoms with E-state index in [1.165, 1.54) is 31.1 Å². The van der Waals surface area contributed by atoms with Crippen molar-refractivity contribution in [2.75, 3.05) is 12.1 Å². The molecule has 0 amide bonds. The van der Waals surface area contributed by atoms with E-state index in [1.54, 1.807) is 43.4 Å². The van der Waals surface area contributed by atoms with Crippen molar-refractivity contribution in [1.82, 2.24) is 14.3 Å². The number of hydrogen-bond donors (Lipinski definition) is 3. The van der Waals surface area contributed by atoms with E-state index in [2.05, 4.69) is 9.71 Å². The fourth-order valence-electron chi connectivity index (χ4n) is 3.93. The van der Waals surface area contributed by atoms with Crippen molar-refractivity contribution in [3.05, 3.63) is 101 Å². The van der Waals surface area contributed by atoms with Crippen molar-refractivity contribution >= 4 is 34.9 Å². The summed E-state index contributed by atoms with van der Waals surface area (Å²) in [6.45, 7) is 1.35. The largest absolute Gasteiger partial charge is 0.434 e. The summed E-state index contributed by atoms with van der Waals surface area (Å²) < 4.78 is 60.2. The minimum atomic E-state index is -4.72. The van der Waals surface area contributed by atoms with Crippen LogP contribution in [0.4, 0.5) is 23.2 Å². The second-order valence-corrected chi connectivity index (χ2v) is 9.65. The van der Waals surface area contributed by atoms with Gasteiger partial charge in [-0.25, -0.2) is 15.2 Å². The number of rotatable bonds is 7. The Balaban J connectivity index is 1.95. The molecule has 0 atom stereocenters. The fraction of sp³-hybridized carbons (Fsp3) is 0.115. The number of hydrogen-bond acceptors (Lipinski definition) is 6. The molecule has 198 valence electrons. The Hall–Kier alpha value is -3.51. The van der Waals surface area contributed by atoms with Gasteiger partial charge in [0.2, 0.25) is 0 Å². The first-order valence-electron chi connectivity index (χ1n) is 11.2. The van der Waals surface area contributed by atoms with Crippen LogP contribution >= 0.6 is 23.5 Å². The number of imidazole rings is 1. The smallest absolute Gasteiger partial charge is 0.403 e. The topological polar surface area (TPSA) is 85.1 Å². The fourth-order valence-corrected chi connectivity index (χ4v) is 4.63. The summed E-state index contributed by atoms with van der Waals surface area (Å²) in [5, 5.41) is 1.61. The Morgan fingerprint density at radius 3 is 2.42 bits per heavy atom. The first-order chi connectivity index (χ1) is 18.0. The highest BCUT2D eigenvalue weighted by Gasteiger charge is 2.35. The highest BCUT2D eigenvalue weighted by Crippen LogP contribution is 2.38. The normalized spacial score (nSPS) is 12.2. The van der Waals surface area contributed by atoms with Gasteiger partial charge in [0.05, 0.1) is 11.4 Å². The van der Waals surface area contributed by atoms with Gasteiger partial charge in [-0.1, -0.05) is 35.9 Å². The maximum Gasteiger partial charge on any atom is 0.434 e. The van der Waals surface area contributed by atoms with Crippen LogP contribution in [0.2, 0.25) is 5.02 Å². The molecule has 1 aromatic heterocycles. The molecule has 6 nitrogen and oxygen atoms in total. The molecular weight excluding hydrogens is 540 g/mol. The number of aryl methyl sites for hydroxylation is 1. The molecule has 5 N–H and O–H groups in total. The Bertz CT molecular complexity index is 1480. The predicted octanol–water partition coefficient (Wildman–Crippen LogP) is 6.52. The van der Waals surface area contributed by atoms with Crippen LogP contribution in [0.25, 0.3) is 22.5 Å². The van der Waals surface area contributed by atoms with Gasteiger partial charge in [-0.3, -0.25) is 14.3 Å². The van der Waals surface area contributed by atoms with E-state index in [0.29, 0.717) is 21.7 Å². The Morgan fingerprint density at radius 2 is 1.82 bits per heavy atom. The standard InChI is InChI=1S/C26H23ClF4N6S/c1-15-35-24(26(29,30)31)14-36(15)25-21(28)11-18(17-4-3-5-20(10-17)38-34-2)12-22(25)37(33)23(13-32)16-6-8-19(27)9-7-16/h3-14,34H,32-33H2,1-2H3/b23-13-. The minimum Gasteiger partial charge on any atom is -0.403 e. The lowest BCUT2D eigenvalue weighted by Gasteiger charge is -2.26. The number of nitrogens with one attached hydrogen (secondary N) is 1. The number of benzene rings is 3. The predicted molar refractivity (Wildman–Crippen MR) is 144 cm³/mol. The molecule has 0 saturated heterocycles. The lowest BCUT2D eigenvalue weighted by Crippen LogP contribution is -2.31. The van der Waals surface area contributed by atoms with Gasteiger partial charge in [-0.15, -0.1) is 0 Å². The van der Waals surface area contributed by atoms with Gasteiger partial charge in [0.1, 0.15) is 17.3 Å². The molecule has 12 heteroatoms. The van der Waals surface area contributed by atoms with Gasteiger partial charge in [-0.2, -0.15) is 13.2 Å². The minimum absolute atomic E-state index is 0.0625. The van der Waals surface area contributed by atoms with E-state index in [1.807, 2.05) is 18.2 Å². The van der Waals surface area contributed by atoms with E-state index in [4.69, 9.17) is 23.2 Å². The Morgan fingerprint density at radius 1 is 1.11 bits per heavy atom. The third kappa shape index (κ3) is 5.65. The second-order valence-electron chi connectivity index (χ2n) is 8.13. The number of hydrazine groups is 1.